The third-order valence-corrected chi connectivity index (χ3v) is 3.97. The summed E-state index contributed by atoms with van der Waals surface area (Å²) in [5.41, 5.74) is 2.07. The Balaban J connectivity index is 1.54. The molecule has 1 unspecified atom stereocenters. The largest absolute Gasteiger partial charge is 0.491 e. The first-order chi connectivity index (χ1) is 12.0. The molecule has 1 atom stereocenters. The van der Waals surface area contributed by atoms with Gasteiger partial charge in [0.1, 0.15) is 11.6 Å². The molecular weight excluding hydrogens is 314 g/mol. The van der Waals surface area contributed by atoms with Crippen LogP contribution in [0, 0.1) is 6.92 Å². The fraction of sp³-hybridized carbons (Fsp3) is 0.421. The molecule has 25 heavy (non-hydrogen) atoms. The summed E-state index contributed by atoms with van der Waals surface area (Å²) in [7, 11) is 0. The van der Waals surface area contributed by atoms with Gasteiger partial charge in [-0.1, -0.05) is 12.1 Å². The Morgan fingerprint density at radius 3 is 2.52 bits per heavy atom. The van der Waals surface area contributed by atoms with Crippen molar-refractivity contribution in [1.82, 2.24) is 19.8 Å². The maximum atomic E-state index is 5.68. The zero-order valence-electron chi connectivity index (χ0n) is 15.2. The van der Waals surface area contributed by atoms with Gasteiger partial charge in [-0.25, -0.2) is 0 Å². The minimum absolute atomic E-state index is 0.203. The van der Waals surface area contributed by atoms with Crippen LogP contribution in [0.25, 0.3) is 5.65 Å². The second-order valence-electron chi connectivity index (χ2n) is 6.63. The molecule has 2 aromatic heterocycles. The standard InChI is InChI=1S/C19H25N5O/c1-13(2)25-17-9-7-16(8-10-17)6-5-14(3)20-18-11-12-19-22-21-15(4)24(19)23-18/h7-14H,5-6H2,1-4H3,(H,20,23). The van der Waals surface area contributed by atoms with Crippen LogP contribution in [0.15, 0.2) is 36.4 Å². The molecule has 0 aliphatic rings. The molecule has 1 N–H and O–H groups in total. The minimum Gasteiger partial charge on any atom is -0.491 e. The SMILES string of the molecule is Cc1nnc2ccc(NC(C)CCc3ccc(OC(C)C)cc3)nn12. The van der Waals surface area contributed by atoms with E-state index in [0.29, 0.717) is 6.04 Å². The molecule has 0 aliphatic heterocycles. The van der Waals surface area contributed by atoms with E-state index in [0.717, 1.165) is 35.9 Å². The highest BCUT2D eigenvalue weighted by atomic mass is 16.5. The van der Waals surface area contributed by atoms with Crippen LogP contribution in [0.4, 0.5) is 5.82 Å². The Hall–Kier alpha value is -2.63. The van der Waals surface area contributed by atoms with E-state index < -0.39 is 0 Å². The highest BCUT2D eigenvalue weighted by molar-refractivity contribution is 5.44. The average Bonchev–Trinajstić information content (AvgIpc) is 2.95. The number of anilines is 1. The normalized spacial score (nSPS) is 12.5. The van der Waals surface area contributed by atoms with Crippen LogP contribution < -0.4 is 10.1 Å². The lowest BCUT2D eigenvalue weighted by Crippen LogP contribution is -2.17. The third kappa shape index (κ3) is 4.47. The Kier molecular flexibility index (Phi) is 5.16. The lowest BCUT2D eigenvalue weighted by molar-refractivity contribution is 0.242. The van der Waals surface area contributed by atoms with E-state index in [2.05, 4.69) is 39.7 Å². The molecule has 132 valence electrons. The van der Waals surface area contributed by atoms with Crippen molar-refractivity contribution in [3.63, 3.8) is 0 Å². The Labute approximate surface area is 148 Å². The van der Waals surface area contributed by atoms with E-state index in [1.54, 1.807) is 4.52 Å². The molecule has 0 saturated carbocycles. The van der Waals surface area contributed by atoms with Gasteiger partial charge in [0.05, 0.1) is 6.10 Å². The van der Waals surface area contributed by atoms with Gasteiger partial charge < -0.3 is 10.1 Å². The number of nitrogens with one attached hydrogen (secondary N) is 1. The summed E-state index contributed by atoms with van der Waals surface area (Å²) in [4.78, 5) is 0. The van der Waals surface area contributed by atoms with Crippen molar-refractivity contribution in [1.29, 1.82) is 0 Å². The Morgan fingerprint density at radius 1 is 1.04 bits per heavy atom. The van der Waals surface area contributed by atoms with Crippen LogP contribution in [-0.4, -0.2) is 32.0 Å². The van der Waals surface area contributed by atoms with Gasteiger partial charge in [0.2, 0.25) is 0 Å². The van der Waals surface area contributed by atoms with Crippen molar-refractivity contribution in [2.45, 2.75) is 52.7 Å². The molecule has 1 aromatic carbocycles. The van der Waals surface area contributed by atoms with Crippen LogP contribution in [-0.2, 0) is 6.42 Å². The first kappa shape index (κ1) is 17.2. The molecular formula is C19H25N5O. The van der Waals surface area contributed by atoms with Crippen molar-refractivity contribution >= 4 is 11.5 Å². The molecule has 6 heteroatoms. The lowest BCUT2D eigenvalue weighted by Gasteiger charge is -2.15. The van der Waals surface area contributed by atoms with Gasteiger partial charge in [-0.05, 0) is 70.4 Å². The Bertz CT molecular complexity index is 825. The molecule has 0 fully saturated rings. The quantitative estimate of drug-likeness (QED) is 0.712. The predicted octanol–water partition coefficient (Wildman–Crippen LogP) is 3.65. The van der Waals surface area contributed by atoms with Crippen LogP contribution >= 0.6 is 0 Å². The molecule has 3 rings (SSSR count). The second-order valence-corrected chi connectivity index (χ2v) is 6.63. The number of benzene rings is 1. The smallest absolute Gasteiger partial charge is 0.178 e. The molecule has 0 bridgehead atoms. The molecule has 0 saturated heterocycles. The highest BCUT2D eigenvalue weighted by Gasteiger charge is 2.07. The summed E-state index contributed by atoms with van der Waals surface area (Å²) >= 11 is 0. The van der Waals surface area contributed by atoms with Crippen LogP contribution in [0.5, 0.6) is 5.75 Å². The van der Waals surface area contributed by atoms with E-state index in [-0.39, 0.29) is 6.10 Å². The average molecular weight is 339 g/mol. The topological polar surface area (TPSA) is 64.3 Å². The third-order valence-electron chi connectivity index (χ3n) is 3.97. The van der Waals surface area contributed by atoms with E-state index >= 15 is 0 Å². The first-order valence-electron chi connectivity index (χ1n) is 8.72. The highest BCUT2D eigenvalue weighted by Crippen LogP contribution is 2.16. The Morgan fingerprint density at radius 2 is 1.80 bits per heavy atom. The minimum atomic E-state index is 0.203. The molecule has 3 aromatic rings. The van der Waals surface area contributed by atoms with Gasteiger partial charge in [0.15, 0.2) is 11.5 Å². The maximum Gasteiger partial charge on any atom is 0.178 e. The summed E-state index contributed by atoms with van der Waals surface area (Å²) < 4.78 is 7.43. The molecule has 0 aliphatic carbocycles. The molecule has 6 nitrogen and oxygen atoms in total. The van der Waals surface area contributed by atoms with E-state index in [1.165, 1.54) is 5.56 Å². The summed E-state index contributed by atoms with van der Waals surface area (Å²) in [5.74, 6) is 2.55. The van der Waals surface area contributed by atoms with Crippen LogP contribution in [0.1, 0.15) is 38.6 Å². The van der Waals surface area contributed by atoms with Crippen molar-refractivity contribution in [2.24, 2.45) is 0 Å². The van der Waals surface area contributed by atoms with Crippen LogP contribution in [0.2, 0.25) is 0 Å². The van der Waals surface area contributed by atoms with E-state index in [9.17, 15) is 0 Å². The molecule has 2 heterocycles. The summed E-state index contributed by atoms with van der Waals surface area (Å²) in [6.45, 7) is 8.13. The van der Waals surface area contributed by atoms with Gasteiger partial charge in [0.25, 0.3) is 0 Å². The lowest BCUT2D eigenvalue weighted by atomic mass is 10.1. The van der Waals surface area contributed by atoms with Gasteiger partial charge in [-0.2, -0.15) is 4.52 Å². The van der Waals surface area contributed by atoms with Gasteiger partial charge >= 0.3 is 0 Å². The predicted molar refractivity (Wildman–Crippen MR) is 99.1 cm³/mol. The number of hydrogen-bond donors (Lipinski definition) is 1. The number of nitrogens with zero attached hydrogens (tertiary/aromatic N) is 4. The zero-order valence-corrected chi connectivity index (χ0v) is 15.2. The monoisotopic (exact) mass is 339 g/mol. The number of ether oxygens (including phenoxy) is 1. The van der Waals surface area contributed by atoms with E-state index in [4.69, 9.17) is 4.74 Å². The summed E-state index contributed by atoms with van der Waals surface area (Å²) in [6.07, 6.45) is 2.23. The maximum absolute atomic E-state index is 5.68. The fourth-order valence-electron chi connectivity index (χ4n) is 2.69. The molecule has 0 spiro atoms. The second kappa shape index (κ2) is 7.51. The zero-order chi connectivity index (χ0) is 17.8. The number of aryl methyl sites for hydroxylation is 2. The molecule has 0 radical (unpaired) electrons. The number of fused-ring (bicyclic) bond motifs is 1. The molecule has 0 amide bonds. The van der Waals surface area contributed by atoms with Crippen molar-refractivity contribution in [3.05, 3.63) is 47.8 Å². The van der Waals surface area contributed by atoms with Crippen molar-refractivity contribution in [3.8, 4) is 5.75 Å². The summed E-state index contributed by atoms with van der Waals surface area (Å²) in [5, 5.41) is 16.1. The number of hydrogen-bond acceptors (Lipinski definition) is 5. The van der Waals surface area contributed by atoms with Gasteiger partial charge in [0, 0.05) is 6.04 Å². The fourth-order valence-corrected chi connectivity index (χ4v) is 2.69. The number of aromatic nitrogens is 4. The van der Waals surface area contributed by atoms with Gasteiger partial charge in [-0.3, -0.25) is 0 Å². The number of rotatable bonds is 7. The van der Waals surface area contributed by atoms with E-state index in [1.807, 2.05) is 45.0 Å². The van der Waals surface area contributed by atoms with Crippen molar-refractivity contribution in [2.75, 3.05) is 5.32 Å². The first-order valence-corrected chi connectivity index (χ1v) is 8.72. The van der Waals surface area contributed by atoms with Crippen LogP contribution in [0.3, 0.4) is 0 Å². The van der Waals surface area contributed by atoms with Crippen molar-refractivity contribution < 1.29 is 4.74 Å². The van der Waals surface area contributed by atoms with Gasteiger partial charge in [-0.15, -0.1) is 15.3 Å². The summed E-state index contributed by atoms with van der Waals surface area (Å²) in [6, 6.07) is 12.5.